The van der Waals surface area contributed by atoms with E-state index in [-0.39, 0.29) is 18.6 Å². The SMILES string of the molecule is CC(C)NC(=O)COc1cccc(C2N=C(Cl)CC(Nc3ccc(N)c(C=N)c3)=N2)c1. The Bertz CT molecular complexity index is 1030. The topological polar surface area (TPSA) is 125 Å². The Morgan fingerprint density at radius 3 is 2.87 bits per heavy atom. The van der Waals surface area contributed by atoms with E-state index in [0.717, 1.165) is 11.3 Å². The molecule has 1 unspecified atom stereocenters. The number of carbonyl (C=O) groups excluding carboxylic acids is 1. The fourth-order valence-corrected chi connectivity index (χ4v) is 3.20. The number of anilines is 2. The molecule has 1 heterocycles. The zero-order chi connectivity index (χ0) is 22.4. The number of hydrogen-bond acceptors (Lipinski definition) is 7. The van der Waals surface area contributed by atoms with E-state index < -0.39 is 6.17 Å². The summed E-state index contributed by atoms with van der Waals surface area (Å²) in [5.74, 6) is 1.01. The predicted molar refractivity (Wildman–Crippen MR) is 126 cm³/mol. The van der Waals surface area contributed by atoms with Gasteiger partial charge in [-0.3, -0.25) is 4.79 Å². The van der Waals surface area contributed by atoms with Gasteiger partial charge in [-0.15, -0.1) is 0 Å². The van der Waals surface area contributed by atoms with Gasteiger partial charge in [0.05, 0.1) is 6.42 Å². The van der Waals surface area contributed by atoms with E-state index in [4.69, 9.17) is 27.5 Å². The van der Waals surface area contributed by atoms with E-state index in [1.807, 2.05) is 32.0 Å². The van der Waals surface area contributed by atoms with Gasteiger partial charge in [-0.1, -0.05) is 23.7 Å². The third-order valence-corrected chi connectivity index (χ3v) is 4.59. The first-order chi connectivity index (χ1) is 14.8. The number of rotatable bonds is 7. The number of aliphatic imine (C=N–C) groups is 2. The molecule has 1 atom stereocenters. The summed E-state index contributed by atoms with van der Waals surface area (Å²) < 4.78 is 5.60. The fraction of sp³-hybridized carbons (Fsp3) is 0.273. The Hall–Kier alpha value is -3.39. The highest BCUT2D eigenvalue weighted by molar-refractivity contribution is 6.67. The van der Waals surface area contributed by atoms with Crippen LogP contribution in [0.5, 0.6) is 5.75 Å². The number of benzene rings is 2. The molecule has 8 nitrogen and oxygen atoms in total. The molecule has 162 valence electrons. The van der Waals surface area contributed by atoms with Gasteiger partial charge in [0.15, 0.2) is 12.8 Å². The summed E-state index contributed by atoms with van der Waals surface area (Å²) in [4.78, 5) is 20.9. The number of nitrogen functional groups attached to an aromatic ring is 1. The van der Waals surface area contributed by atoms with Crippen LogP contribution in [0.2, 0.25) is 0 Å². The molecule has 0 radical (unpaired) electrons. The highest BCUT2D eigenvalue weighted by Gasteiger charge is 2.19. The van der Waals surface area contributed by atoms with Gasteiger partial charge in [0, 0.05) is 34.8 Å². The van der Waals surface area contributed by atoms with Crippen molar-refractivity contribution in [2.45, 2.75) is 32.5 Å². The molecule has 1 aliphatic heterocycles. The zero-order valence-corrected chi connectivity index (χ0v) is 18.1. The van der Waals surface area contributed by atoms with E-state index in [1.54, 1.807) is 24.3 Å². The first kappa shape index (κ1) is 22.3. The highest BCUT2D eigenvalue weighted by Crippen LogP contribution is 2.28. The van der Waals surface area contributed by atoms with Crippen molar-refractivity contribution in [1.82, 2.24) is 5.32 Å². The molecule has 31 heavy (non-hydrogen) atoms. The lowest BCUT2D eigenvalue weighted by Crippen LogP contribution is -2.34. The van der Waals surface area contributed by atoms with Gasteiger partial charge >= 0.3 is 0 Å². The molecular weight excluding hydrogens is 416 g/mol. The Morgan fingerprint density at radius 1 is 1.32 bits per heavy atom. The summed E-state index contributed by atoms with van der Waals surface area (Å²) in [5.41, 5.74) is 8.54. The second-order valence-corrected chi connectivity index (χ2v) is 7.76. The fourth-order valence-electron chi connectivity index (χ4n) is 2.99. The van der Waals surface area contributed by atoms with Gasteiger partial charge in [-0.05, 0) is 44.2 Å². The highest BCUT2D eigenvalue weighted by atomic mass is 35.5. The van der Waals surface area contributed by atoms with Crippen molar-refractivity contribution in [2.24, 2.45) is 9.98 Å². The van der Waals surface area contributed by atoms with Crippen LogP contribution >= 0.6 is 11.6 Å². The van der Waals surface area contributed by atoms with E-state index in [1.165, 1.54) is 6.21 Å². The van der Waals surface area contributed by atoms with Gasteiger partial charge in [0.2, 0.25) is 0 Å². The first-order valence-corrected chi connectivity index (χ1v) is 10.2. The van der Waals surface area contributed by atoms with Crippen molar-refractivity contribution in [3.8, 4) is 5.75 Å². The largest absolute Gasteiger partial charge is 0.484 e. The summed E-state index contributed by atoms with van der Waals surface area (Å²) in [5, 5.41) is 13.9. The van der Waals surface area contributed by atoms with E-state index in [9.17, 15) is 4.79 Å². The summed E-state index contributed by atoms with van der Waals surface area (Å²) in [6.07, 6.45) is 1.04. The number of halogens is 1. The van der Waals surface area contributed by atoms with E-state index in [2.05, 4.69) is 20.6 Å². The molecule has 0 fully saturated rings. The molecule has 9 heteroatoms. The number of carbonyl (C=O) groups is 1. The Balaban J connectivity index is 1.74. The van der Waals surface area contributed by atoms with Gasteiger partial charge in [0.25, 0.3) is 5.91 Å². The molecular formula is C22H25ClN6O2. The van der Waals surface area contributed by atoms with Gasteiger partial charge in [0.1, 0.15) is 16.8 Å². The van der Waals surface area contributed by atoms with Gasteiger partial charge in [-0.2, -0.15) is 0 Å². The maximum absolute atomic E-state index is 11.8. The minimum absolute atomic E-state index is 0.0533. The quantitative estimate of drug-likeness (QED) is 0.386. The van der Waals surface area contributed by atoms with Crippen LogP contribution in [-0.4, -0.2) is 35.8 Å². The zero-order valence-electron chi connectivity index (χ0n) is 17.4. The molecule has 1 aliphatic rings. The molecule has 0 aliphatic carbocycles. The number of nitrogens with zero attached hydrogens (tertiary/aromatic N) is 2. The molecule has 0 spiro atoms. The predicted octanol–water partition coefficient (Wildman–Crippen LogP) is 3.72. The minimum atomic E-state index is -0.534. The van der Waals surface area contributed by atoms with Crippen molar-refractivity contribution < 1.29 is 9.53 Å². The molecule has 0 saturated heterocycles. The van der Waals surface area contributed by atoms with Crippen LogP contribution in [0.3, 0.4) is 0 Å². The van der Waals surface area contributed by atoms with Crippen molar-refractivity contribution in [1.29, 1.82) is 5.41 Å². The molecule has 1 amide bonds. The Kier molecular flexibility index (Phi) is 7.25. The van der Waals surface area contributed by atoms with Crippen molar-refractivity contribution in [2.75, 3.05) is 17.7 Å². The lowest BCUT2D eigenvalue weighted by Gasteiger charge is -2.19. The van der Waals surface area contributed by atoms with Crippen molar-refractivity contribution in [3.05, 3.63) is 53.6 Å². The first-order valence-electron chi connectivity index (χ1n) is 9.82. The van der Waals surface area contributed by atoms with Crippen LogP contribution in [0.15, 0.2) is 52.4 Å². The summed E-state index contributed by atoms with van der Waals surface area (Å²) in [6.45, 7) is 3.71. The van der Waals surface area contributed by atoms with E-state index in [0.29, 0.717) is 34.4 Å². The van der Waals surface area contributed by atoms with Crippen LogP contribution in [0.1, 0.15) is 37.6 Å². The Morgan fingerprint density at radius 2 is 2.13 bits per heavy atom. The summed E-state index contributed by atoms with van der Waals surface area (Å²) >= 11 is 6.29. The second kappa shape index (κ2) is 10.1. The molecule has 2 aromatic carbocycles. The third kappa shape index (κ3) is 6.29. The number of amidine groups is 1. The number of nitrogens with one attached hydrogen (secondary N) is 3. The molecule has 0 bridgehead atoms. The average Bonchev–Trinajstić information content (AvgIpc) is 2.73. The monoisotopic (exact) mass is 440 g/mol. The summed E-state index contributed by atoms with van der Waals surface area (Å²) in [7, 11) is 0. The molecule has 0 saturated carbocycles. The molecule has 2 aromatic rings. The number of hydrogen-bond donors (Lipinski definition) is 4. The second-order valence-electron chi connectivity index (χ2n) is 7.33. The van der Waals surface area contributed by atoms with Gasteiger partial charge < -0.3 is 26.5 Å². The maximum atomic E-state index is 11.8. The van der Waals surface area contributed by atoms with Crippen LogP contribution in [0, 0.1) is 5.41 Å². The number of ether oxygens (including phenoxy) is 1. The molecule has 3 rings (SSSR count). The standard InChI is InChI=1S/C22H25ClN6O2/c1-13(2)26-21(30)12-31-17-5-3-4-14(9-17)22-28-19(23)10-20(29-22)27-16-6-7-18(25)15(8-16)11-24/h3-9,11,13,22,24H,10,12,25H2,1-2H3,(H,26,30)(H,27,29). The average molecular weight is 441 g/mol. The smallest absolute Gasteiger partial charge is 0.258 e. The Labute approximate surface area is 186 Å². The third-order valence-electron chi connectivity index (χ3n) is 4.36. The number of amides is 1. The molecule has 0 aromatic heterocycles. The maximum Gasteiger partial charge on any atom is 0.258 e. The van der Waals surface area contributed by atoms with Crippen LogP contribution in [0.25, 0.3) is 0 Å². The molecule has 5 N–H and O–H groups in total. The van der Waals surface area contributed by atoms with Crippen molar-refractivity contribution in [3.63, 3.8) is 0 Å². The van der Waals surface area contributed by atoms with E-state index >= 15 is 0 Å². The van der Waals surface area contributed by atoms with Crippen molar-refractivity contribution >= 4 is 46.1 Å². The normalized spacial score (nSPS) is 15.7. The van der Waals surface area contributed by atoms with Crippen LogP contribution < -0.4 is 21.1 Å². The lowest BCUT2D eigenvalue weighted by atomic mass is 10.1. The number of nitrogens with two attached hydrogens (primary N) is 1. The van der Waals surface area contributed by atoms with Gasteiger partial charge in [-0.25, -0.2) is 9.98 Å². The lowest BCUT2D eigenvalue weighted by molar-refractivity contribution is -0.123. The van der Waals surface area contributed by atoms with Crippen LogP contribution in [0.4, 0.5) is 11.4 Å². The summed E-state index contributed by atoms with van der Waals surface area (Å²) in [6, 6.07) is 12.6. The minimum Gasteiger partial charge on any atom is -0.484 e. The van der Waals surface area contributed by atoms with Crippen LogP contribution in [-0.2, 0) is 4.79 Å².